The Labute approximate surface area is 132 Å². The van der Waals surface area contributed by atoms with Gasteiger partial charge in [-0.25, -0.2) is 4.79 Å². The predicted octanol–water partition coefficient (Wildman–Crippen LogP) is 2.35. The van der Waals surface area contributed by atoms with Crippen LogP contribution < -0.4 is 15.4 Å². The fourth-order valence-corrected chi connectivity index (χ4v) is 2.07. The van der Waals surface area contributed by atoms with Gasteiger partial charge < -0.3 is 20.5 Å². The molecular weight excluding hydrogens is 280 g/mol. The topological polar surface area (TPSA) is 70.6 Å². The summed E-state index contributed by atoms with van der Waals surface area (Å²) in [5, 5.41) is 14.7. The average Bonchev–Trinajstić information content (AvgIpc) is 3.28. The highest BCUT2D eigenvalue weighted by molar-refractivity contribution is 5.73. The number of urea groups is 1. The third-order valence-corrected chi connectivity index (χ3v) is 3.68. The highest BCUT2D eigenvalue weighted by Gasteiger charge is 2.22. The Morgan fingerprint density at radius 3 is 2.86 bits per heavy atom. The lowest BCUT2D eigenvalue weighted by atomic mass is 10.1. The van der Waals surface area contributed by atoms with Gasteiger partial charge in [0.05, 0.1) is 12.7 Å². The van der Waals surface area contributed by atoms with Crippen LogP contribution >= 0.6 is 0 Å². The van der Waals surface area contributed by atoms with E-state index < -0.39 is 6.10 Å². The van der Waals surface area contributed by atoms with Gasteiger partial charge in [-0.1, -0.05) is 12.1 Å². The zero-order valence-corrected chi connectivity index (χ0v) is 13.4. The Morgan fingerprint density at radius 1 is 1.41 bits per heavy atom. The summed E-state index contributed by atoms with van der Waals surface area (Å²) in [5.41, 5.74) is 2.13. The molecule has 1 aliphatic carbocycles. The first kappa shape index (κ1) is 16.6. The van der Waals surface area contributed by atoms with Crippen molar-refractivity contribution in [3.05, 3.63) is 29.3 Å². The minimum atomic E-state index is -0.403. The number of ether oxygens (including phenoxy) is 1. The quantitative estimate of drug-likeness (QED) is 0.690. The summed E-state index contributed by atoms with van der Waals surface area (Å²) in [6.45, 7) is 5.39. The van der Waals surface area contributed by atoms with Gasteiger partial charge in [0.1, 0.15) is 5.75 Å². The molecule has 3 N–H and O–H groups in total. The number of hydrogen-bond donors (Lipinski definition) is 3. The molecular formula is C17H26N2O3. The number of benzene rings is 1. The van der Waals surface area contributed by atoms with E-state index >= 15 is 0 Å². The number of aliphatic hydroxyl groups is 1. The Balaban J connectivity index is 1.81. The van der Waals surface area contributed by atoms with Crippen molar-refractivity contribution < 1.29 is 14.6 Å². The van der Waals surface area contributed by atoms with Crippen LogP contribution in [0.2, 0.25) is 0 Å². The summed E-state index contributed by atoms with van der Waals surface area (Å²) in [6, 6.07) is 5.81. The average molecular weight is 306 g/mol. The Hall–Kier alpha value is -1.75. The summed E-state index contributed by atoms with van der Waals surface area (Å²) in [5.74, 6) is 1.56. The molecule has 1 unspecified atom stereocenters. The van der Waals surface area contributed by atoms with E-state index in [1.54, 1.807) is 6.92 Å². The minimum absolute atomic E-state index is 0.227. The first-order chi connectivity index (χ1) is 10.5. The molecule has 122 valence electrons. The Morgan fingerprint density at radius 2 is 2.18 bits per heavy atom. The lowest BCUT2D eigenvalue weighted by molar-refractivity contribution is 0.183. The Bertz CT molecular complexity index is 499. The van der Waals surface area contributed by atoms with Crippen LogP contribution in [0, 0.1) is 12.8 Å². The van der Waals surface area contributed by atoms with Crippen LogP contribution in [-0.2, 0) is 6.54 Å². The first-order valence-electron chi connectivity index (χ1n) is 7.96. The number of carbonyl (C=O) groups is 1. The van der Waals surface area contributed by atoms with Gasteiger partial charge >= 0.3 is 6.03 Å². The second kappa shape index (κ2) is 8.03. The smallest absolute Gasteiger partial charge is 0.315 e. The van der Waals surface area contributed by atoms with Crippen molar-refractivity contribution in [1.82, 2.24) is 10.6 Å². The molecule has 1 atom stereocenters. The first-order valence-corrected chi connectivity index (χ1v) is 7.96. The van der Waals surface area contributed by atoms with E-state index in [4.69, 9.17) is 9.84 Å². The van der Waals surface area contributed by atoms with Crippen LogP contribution in [0.25, 0.3) is 0 Å². The molecule has 2 rings (SSSR count). The predicted molar refractivity (Wildman–Crippen MR) is 85.9 cm³/mol. The van der Waals surface area contributed by atoms with Crippen LogP contribution in [0.15, 0.2) is 18.2 Å². The Kier molecular flexibility index (Phi) is 6.07. The molecule has 0 spiro atoms. The summed E-state index contributed by atoms with van der Waals surface area (Å²) < 4.78 is 5.88. The second-order valence-corrected chi connectivity index (χ2v) is 6.11. The van der Waals surface area contributed by atoms with E-state index in [-0.39, 0.29) is 6.03 Å². The molecule has 1 saturated carbocycles. The van der Waals surface area contributed by atoms with Gasteiger partial charge in [-0.05, 0) is 50.7 Å². The van der Waals surface area contributed by atoms with Gasteiger partial charge in [0.25, 0.3) is 0 Å². The molecule has 0 saturated heterocycles. The van der Waals surface area contributed by atoms with E-state index in [0.29, 0.717) is 25.4 Å². The van der Waals surface area contributed by atoms with E-state index in [1.165, 1.54) is 12.8 Å². The lowest BCUT2D eigenvalue weighted by Gasteiger charge is -2.13. The van der Waals surface area contributed by atoms with Gasteiger partial charge in [0, 0.05) is 18.7 Å². The fraction of sp³-hybridized carbons (Fsp3) is 0.588. The molecule has 0 radical (unpaired) electrons. The summed E-state index contributed by atoms with van der Waals surface area (Å²) in [6.07, 6.45) is 2.66. The van der Waals surface area contributed by atoms with Crippen molar-refractivity contribution in [2.45, 2.75) is 45.8 Å². The largest absolute Gasteiger partial charge is 0.493 e. The third-order valence-electron chi connectivity index (χ3n) is 3.68. The molecule has 0 heterocycles. The van der Waals surface area contributed by atoms with Crippen molar-refractivity contribution in [3.63, 3.8) is 0 Å². The molecule has 0 aliphatic heterocycles. The number of hydrogen-bond acceptors (Lipinski definition) is 3. The summed E-state index contributed by atoms with van der Waals surface area (Å²) in [4.78, 5) is 11.7. The third kappa shape index (κ3) is 5.93. The molecule has 2 amide bonds. The number of rotatable bonds is 8. The summed E-state index contributed by atoms with van der Waals surface area (Å²) >= 11 is 0. The van der Waals surface area contributed by atoms with Crippen LogP contribution in [-0.4, -0.2) is 30.4 Å². The molecule has 0 aromatic heterocycles. The molecule has 22 heavy (non-hydrogen) atoms. The van der Waals surface area contributed by atoms with Crippen molar-refractivity contribution >= 4 is 6.03 Å². The fourth-order valence-electron chi connectivity index (χ4n) is 2.07. The normalized spacial score (nSPS) is 15.2. The number of aliphatic hydroxyl groups excluding tert-OH is 1. The zero-order chi connectivity index (χ0) is 15.9. The van der Waals surface area contributed by atoms with Gasteiger partial charge in [0.15, 0.2) is 0 Å². The van der Waals surface area contributed by atoms with Gasteiger partial charge in [-0.15, -0.1) is 0 Å². The van der Waals surface area contributed by atoms with Crippen molar-refractivity contribution in [2.75, 3.05) is 13.2 Å². The highest BCUT2D eigenvalue weighted by Crippen LogP contribution is 2.30. The van der Waals surface area contributed by atoms with Crippen molar-refractivity contribution in [2.24, 2.45) is 5.92 Å². The summed E-state index contributed by atoms with van der Waals surface area (Å²) in [7, 11) is 0. The maximum Gasteiger partial charge on any atom is 0.315 e. The SMILES string of the molecule is Cc1ccc(CNC(=O)NCCC(C)O)c(OCC2CC2)c1. The van der Waals surface area contributed by atoms with Crippen LogP contribution in [0.3, 0.4) is 0 Å². The molecule has 1 aromatic rings. The van der Waals surface area contributed by atoms with Crippen LogP contribution in [0.5, 0.6) is 5.75 Å². The molecule has 5 heteroatoms. The molecule has 1 fully saturated rings. The van der Waals surface area contributed by atoms with E-state index in [0.717, 1.165) is 23.5 Å². The standard InChI is InChI=1S/C17H26N2O3/c1-12-3-6-15(16(9-12)22-11-14-4-5-14)10-19-17(21)18-8-7-13(2)20/h3,6,9,13-14,20H,4-5,7-8,10-11H2,1-2H3,(H2,18,19,21). The van der Waals surface area contributed by atoms with Crippen LogP contribution in [0.4, 0.5) is 4.79 Å². The van der Waals surface area contributed by atoms with Gasteiger partial charge in [0.2, 0.25) is 0 Å². The van der Waals surface area contributed by atoms with Crippen LogP contribution in [0.1, 0.15) is 37.3 Å². The number of aryl methyl sites for hydroxylation is 1. The van der Waals surface area contributed by atoms with E-state index in [2.05, 4.69) is 10.6 Å². The molecule has 5 nitrogen and oxygen atoms in total. The minimum Gasteiger partial charge on any atom is -0.493 e. The molecule has 1 aromatic carbocycles. The van der Waals surface area contributed by atoms with E-state index in [9.17, 15) is 4.79 Å². The maximum atomic E-state index is 11.7. The number of carbonyl (C=O) groups excluding carboxylic acids is 1. The van der Waals surface area contributed by atoms with Gasteiger partial charge in [-0.3, -0.25) is 0 Å². The lowest BCUT2D eigenvalue weighted by Crippen LogP contribution is -2.36. The monoisotopic (exact) mass is 306 g/mol. The highest BCUT2D eigenvalue weighted by atomic mass is 16.5. The molecule has 1 aliphatic rings. The second-order valence-electron chi connectivity index (χ2n) is 6.11. The van der Waals surface area contributed by atoms with Crippen molar-refractivity contribution in [3.8, 4) is 5.75 Å². The van der Waals surface area contributed by atoms with Gasteiger partial charge in [-0.2, -0.15) is 0 Å². The van der Waals surface area contributed by atoms with Crippen molar-refractivity contribution in [1.29, 1.82) is 0 Å². The number of amides is 2. The number of nitrogens with one attached hydrogen (secondary N) is 2. The van der Waals surface area contributed by atoms with E-state index in [1.807, 2.05) is 25.1 Å². The maximum absolute atomic E-state index is 11.7. The molecule has 0 bridgehead atoms. The zero-order valence-electron chi connectivity index (χ0n) is 13.4.